The quantitative estimate of drug-likeness (QED) is 0.529. The van der Waals surface area contributed by atoms with Crippen molar-refractivity contribution in [2.24, 2.45) is 0 Å². The smallest absolute Gasteiger partial charge is 0.269 e. The third-order valence-electron chi connectivity index (χ3n) is 2.95. The van der Waals surface area contributed by atoms with E-state index >= 15 is 0 Å². The SMILES string of the molecule is O=[N+]([O-])c1ccc(OCc2nnc(-c3cccc(F)c3)o2)cc1. The first-order chi connectivity index (χ1) is 11.1. The molecule has 0 atom stereocenters. The Morgan fingerprint density at radius 3 is 2.65 bits per heavy atom. The average molecular weight is 315 g/mol. The molecule has 0 radical (unpaired) electrons. The van der Waals surface area contributed by atoms with Gasteiger partial charge in [-0.2, -0.15) is 0 Å². The molecule has 0 saturated heterocycles. The molecule has 23 heavy (non-hydrogen) atoms. The van der Waals surface area contributed by atoms with Crippen LogP contribution in [0.5, 0.6) is 5.75 Å². The number of nitro groups is 1. The molecule has 1 heterocycles. The highest BCUT2D eigenvalue weighted by Crippen LogP contribution is 2.21. The third-order valence-corrected chi connectivity index (χ3v) is 2.95. The Kier molecular flexibility index (Phi) is 3.96. The zero-order chi connectivity index (χ0) is 16.2. The number of ether oxygens (including phenoxy) is 1. The van der Waals surface area contributed by atoms with Gasteiger partial charge in [-0.25, -0.2) is 4.39 Å². The minimum Gasteiger partial charge on any atom is -0.484 e. The van der Waals surface area contributed by atoms with Crippen LogP contribution in [0.4, 0.5) is 10.1 Å². The van der Waals surface area contributed by atoms with Crippen LogP contribution in [0.1, 0.15) is 5.89 Å². The minimum atomic E-state index is -0.493. The molecule has 3 rings (SSSR count). The Morgan fingerprint density at radius 1 is 1.17 bits per heavy atom. The first-order valence-corrected chi connectivity index (χ1v) is 6.57. The van der Waals surface area contributed by atoms with Crippen molar-refractivity contribution >= 4 is 5.69 Å². The number of nitro benzene ring substituents is 1. The van der Waals surface area contributed by atoms with E-state index in [4.69, 9.17) is 9.15 Å². The second-order valence-corrected chi connectivity index (χ2v) is 4.55. The topological polar surface area (TPSA) is 91.3 Å². The largest absolute Gasteiger partial charge is 0.484 e. The molecule has 0 saturated carbocycles. The first-order valence-electron chi connectivity index (χ1n) is 6.57. The van der Waals surface area contributed by atoms with Gasteiger partial charge in [0, 0.05) is 17.7 Å². The summed E-state index contributed by atoms with van der Waals surface area (Å²) in [5.74, 6) is 0.430. The fourth-order valence-electron chi connectivity index (χ4n) is 1.86. The van der Waals surface area contributed by atoms with Crippen LogP contribution in [0.2, 0.25) is 0 Å². The Bertz CT molecular complexity index is 833. The lowest BCUT2D eigenvalue weighted by Crippen LogP contribution is -1.96. The van der Waals surface area contributed by atoms with Crippen molar-refractivity contribution < 1.29 is 18.5 Å². The van der Waals surface area contributed by atoms with Gasteiger partial charge in [-0.15, -0.1) is 10.2 Å². The fraction of sp³-hybridized carbons (Fsp3) is 0.0667. The van der Waals surface area contributed by atoms with Gasteiger partial charge in [-0.05, 0) is 30.3 Å². The van der Waals surface area contributed by atoms with Gasteiger partial charge in [0.2, 0.25) is 5.89 Å². The summed E-state index contributed by atoms with van der Waals surface area (Å²) in [6, 6.07) is 11.4. The zero-order valence-corrected chi connectivity index (χ0v) is 11.7. The lowest BCUT2D eigenvalue weighted by atomic mass is 10.2. The van der Waals surface area contributed by atoms with E-state index < -0.39 is 10.7 Å². The lowest BCUT2D eigenvalue weighted by Gasteiger charge is -2.02. The van der Waals surface area contributed by atoms with Crippen molar-refractivity contribution in [3.63, 3.8) is 0 Å². The van der Waals surface area contributed by atoms with Gasteiger partial charge in [0.1, 0.15) is 11.6 Å². The third kappa shape index (κ3) is 3.49. The Hall–Kier alpha value is -3.29. The van der Waals surface area contributed by atoms with Gasteiger partial charge in [0.05, 0.1) is 4.92 Å². The van der Waals surface area contributed by atoms with Gasteiger partial charge in [-0.1, -0.05) is 6.07 Å². The number of hydrogen-bond acceptors (Lipinski definition) is 6. The van der Waals surface area contributed by atoms with Crippen LogP contribution in [0.3, 0.4) is 0 Å². The van der Waals surface area contributed by atoms with Crippen molar-refractivity contribution in [2.75, 3.05) is 0 Å². The van der Waals surface area contributed by atoms with E-state index in [9.17, 15) is 14.5 Å². The Balaban J connectivity index is 1.66. The zero-order valence-electron chi connectivity index (χ0n) is 11.7. The molecule has 0 aliphatic heterocycles. The van der Waals surface area contributed by atoms with Crippen LogP contribution in [-0.4, -0.2) is 15.1 Å². The number of rotatable bonds is 5. The second-order valence-electron chi connectivity index (χ2n) is 4.55. The van der Waals surface area contributed by atoms with Crippen molar-refractivity contribution in [3.05, 3.63) is 70.4 Å². The van der Waals surface area contributed by atoms with Crippen LogP contribution in [0.15, 0.2) is 52.9 Å². The van der Waals surface area contributed by atoms with E-state index in [2.05, 4.69) is 10.2 Å². The van der Waals surface area contributed by atoms with E-state index in [1.54, 1.807) is 12.1 Å². The average Bonchev–Trinajstić information content (AvgIpc) is 3.02. The van der Waals surface area contributed by atoms with Gasteiger partial charge in [0.25, 0.3) is 11.6 Å². The monoisotopic (exact) mass is 315 g/mol. The molecule has 0 unspecified atom stereocenters. The van der Waals surface area contributed by atoms with Crippen molar-refractivity contribution in [3.8, 4) is 17.2 Å². The van der Waals surface area contributed by atoms with Gasteiger partial charge < -0.3 is 9.15 Å². The fourth-order valence-corrected chi connectivity index (χ4v) is 1.86. The van der Waals surface area contributed by atoms with E-state index in [0.717, 1.165) is 0 Å². The summed E-state index contributed by atoms with van der Waals surface area (Å²) in [7, 11) is 0. The number of benzene rings is 2. The highest BCUT2D eigenvalue weighted by Gasteiger charge is 2.10. The summed E-state index contributed by atoms with van der Waals surface area (Å²) in [5.41, 5.74) is 0.447. The van der Waals surface area contributed by atoms with Crippen molar-refractivity contribution in [2.45, 2.75) is 6.61 Å². The maximum Gasteiger partial charge on any atom is 0.269 e. The van der Waals surface area contributed by atoms with Crippen molar-refractivity contribution in [1.29, 1.82) is 0 Å². The molecular weight excluding hydrogens is 305 g/mol. The normalized spacial score (nSPS) is 10.5. The lowest BCUT2D eigenvalue weighted by molar-refractivity contribution is -0.384. The summed E-state index contributed by atoms with van der Waals surface area (Å²) in [6.45, 7) is 0.000126. The predicted molar refractivity (Wildman–Crippen MR) is 77.1 cm³/mol. The number of nitrogens with zero attached hydrogens (tertiary/aromatic N) is 3. The summed E-state index contributed by atoms with van der Waals surface area (Å²) in [4.78, 5) is 10.1. The molecule has 7 nitrogen and oxygen atoms in total. The highest BCUT2D eigenvalue weighted by atomic mass is 19.1. The molecule has 3 aromatic rings. The molecule has 116 valence electrons. The maximum absolute atomic E-state index is 13.2. The summed E-state index contributed by atoms with van der Waals surface area (Å²) < 4.78 is 23.9. The van der Waals surface area contributed by atoms with Crippen molar-refractivity contribution in [1.82, 2.24) is 10.2 Å². The number of aromatic nitrogens is 2. The first kappa shape index (κ1) is 14.6. The predicted octanol–water partition coefficient (Wildman–Crippen LogP) is 3.36. The molecule has 0 bridgehead atoms. The molecule has 0 aliphatic rings. The maximum atomic E-state index is 13.2. The molecule has 8 heteroatoms. The number of hydrogen-bond donors (Lipinski definition) is 0. The second kappa shape index (κ2) is 6.22. The van der Waals surface area contributed by atoms with Crippen LogP contribution in [0.25, 0.3) is 11.5 Å². The number of non-ortho nitro benzene ring substituents is 1. The van der Waals surface area contributed by atoms with E-state index in [0.29, 0.717) is 11.3 Å². The Labute approximate surface area is 129 Å². The number of halogens is 1. The van der Waals surface area contributed by atoms with Gasteiger partial charge >= 0.3 is 0 Å². The van der Waals surface area contributed by atoms with E-state index in [1.165, 1.54) is 36.4 Å². The minimum absolute atomic E-state index is 0.000126. The van der Waals surface area contributed by atoms with Crippen LogP contribution < -0.4 is 4.74 Å². The van der Waals surface area contributed by atoms with Crippen LogP contribution in [-0.2, 0) is 6.61 Å². The summed E-state index contributed by atoms with van der Waals surface area (Å²) in [6.07, 6.45) is 0. The molecule has 0 amide bonds. The standard InChI is InChI=1S/C15H10FN3O4/c16-11-3-1-2-10(8-11)15-18-17-14(23-15)9-22-13-6-4-12(5-7-13)19(20)21/h1-8H,9H2. The molecule has 1 aromatic heterocycles. The molecule has 2 aromatic carbocycles. The Morgan fingerprint density at radius 2 is 1.96 bits per heavy atom. The van der Waals surface area contributed by atoms with E-state index in [-0.39, 0.29) is 24.1 Å². The van der Waals surface area contributed by atoms with Gasteiger partial charge in [0.15, 0.2) is 6.61 Å². The highest BCUT2D eigenvalue weighted by molar-refractivity contribution is 5.52. The molecule has 0 spiro atoms. The summed E-state index contributed by atoms with van der Waals surface area (Å²) in [5, 5.41) is 18.2. The van der Waals surface area contributed by atoms with Crippen LogP contribution >= 0.6 is 0 Å². The molecule has 0 aliphatic carbocycles. The van der Waals surface area contributed by atoms with Gasteiger partial charge in [-0.3, -0.25) is 10.1 Å². The van der Waals surface area contributed by atoms with Crippen LogP contribution in [0, 0.1) is 15.9 Å². The summed E-state index contributed by atoms with van der Waals surface area (Å²) >= 11 is 0. The molecular formula is C15H10FN3O4. The van der Waals surface area contributed by atoms with E-state index in [1.807, 2.05) is 0 Å². The molecule has 0 N–H and O–H groups in total. The molecule has 0 fully saturated rings.